The summed E-state index contributed by atoms with van der Waals surface area (Å²) < 4.78 is 5.24. The number of fused-ring (bicyclic) bond motifs is 1. The number of hydrogen-bond acceptors (Lipinski definition) is 3. The molecular formula is C17H22N2O3. The molecule has 1 aromatic heterocycles. The first kappa shape index (κ1) is 15.1. The summed E-state index contributed by atoms with van der Waals surface area (Å²) in [5, 5.41) is 14.3. The van der Waals surface area contributed by atoms with Crippen molar-refractivity contribution in [1.29, 1.82) is 0 Å². The summed E-state index contributed by atoms with van der Waals surface area (Å²) in [7, 11) is 0. The average molecular weight is 302 g/mol. The molecule has 2 heterocycles. The Bertz CT molecular complexity index is 699. The van der Waals surface area contributed by atoms with Gasteiger partial charge in [0.25, 0.3) is 5.91 Å². The molecule has 1 saturated heterocycles. The van der Waals surface area contributed by atoms with Gasteiger partial charge in [-0.05, 0) is 37.1 Å². The van der Waals surface area contributed by atoms with E-state index in [4.69, 9.17) is 4.74 Å². The van der Waals surface area contributed by atoms with E-state index < -0.39 is 5.60 Å². The molecule has 1 aliphatic heterocycles. The minimum Gasteiger partial charge on any atom is -0.388 e. The number of rotatable bonds is 3. The zero-order chi connectivity index (χ0) is 15.7. The number of benzene rings is 1. The SMILES string of the molecule is Cc1cc(C)c2cc(C(=O)NCC3(O)CCOCC3)[nH]c2c1. The lowest BCUT2D eigenvalue weighted by atomic mass is 9.94. The maximum Gasteiger partial charge on any atom is 0.267 e. The Morgan fingerprint density at radius 3 is 2.77 bits per heavy atom. The number of H-pyrrole nitrogens is 1. The lowest BCUT2D eigenvalue weighted by molar-refractivity contribution is -0.0605. The molecule has 1 aromatic carbocycles. The Morgan fingerprint density at radius 1 is 1.32 bits per heavy atom. The number of ether oxygens (including phenoxy) is 1. The predicted molar refractivity (Wildman–Crippen MR) is 85.1 cm³/mol. The fourth-order valence-electron chi connectivity index (χ4n) is 2.99. The van der Waals surface area contributed by atoms with Gasteiger partial charge in [-0.1, -0.05) is 6.07 Å². The summed E-state index contributed by atoms with van der Waals surface area (Å²) in [5.74, 6) is -0.187. The highest BCUT2D eigenvalue weighted by Crippen LogP contribution is 2.22. The first-order chi connectivity index (χ1) is 10.5. The Hall–Kier alpha value is -1.85. The van der Waals surface area contributed by atoms with Crippen molar-refractivity contribution in [2.24, 2.45) is 0 Å². The van der Waals surface area contributed by atoms with E-state index in [-0.39, 0.29) is 12.5 Å². The van der Waals surface area contributed by atoms with E-state index in [1.165, 1.54) is 0 Å². The van der Waals surface area contributed by atoms with E-state index in [1.54, 1.807) is 0 Å². The van der Waals surface area contributed by atoms with Gasteiger partial charge in [-0.2, -0.15) is 0 Å². The van der Waals surface area contributed by atoms with E-state index in [9.17, 15) is 9.90 Å². The van der Waals surface area contributed by atoms with E-state index in [1.807, 2.05) is 26.0 Å². The summed E-state index contributed by atoms with van der Waals surface area (Å²) in [6.07, 6.45) is 1.11. The largest absolute Gasteiger partial charge is 0.388 e. The Balaban J connectivity index is 1.73. The summed E-state index contributed by atoms with van der Waals surface area (Å²) in [5.41, 5.74) is 2.95. The monoisotopic (exact) mass is 302 g/mol. The van der Waals surface area contributed by atoms with Crippen molar-refractivity contribution >= 4 is 16.8 Å². The van der Waals surface area contributed by atoms with Crippen LogP contribution in [0.1, 0.15) is 34.5 Å². The van der Waals surface area contributed by atoms with E-state index >= 15 is 0 Å². The molecule has 1 amide bonds. The topological polar surface area (TPSA) is 74.3 Å². The third-order valence-corrected chi connectivity index (χ3v) is 4.34. The van der Waals surface area contributed by atoms with Crippen molar-refractivity contribution in [1.82, 2.24) is 10.3 Å². The highest BCUT2D eigenvalue weighted by molar-refractivity contribution is 5.99. The molecule has 2 aromatic rings. The van der Waals surface area contributed by atoms with Crippen LogP contribution >= 0.6 is 0 Å². The predicted octanol–water partition coefficient (Wildman–Crippen LogP) is 2.06. The summed E-state index contributed by atoms with van der Waals surface area (Å²) in [6, 6.07) is 6.00. The molecule has 5 nitrogen and oxygen atoms in total. The van der Waals surface area contributed by atoms with Gasteiger partial charge in [0.15, 0.2) is 0 Å². The van der Waals surface area contributed by atoms with Crippen molar-refractivity contribution in [3.05, 3.63) is 35.0 Å². The van der Waals surface area contributed by atoms with E-state index in [2.05, 4.69) is 16.4 Å². The lowest BCUT2D eigenvalue weighted by Crippen LogP contribution is -2.46. The van der Waals surface area contributed by atoms with Crippen molar-refractivity contribution in [2.75, 3.05) is 19.8 Å². The van der Waals surface area contributed by atoms with Crippen LogP contribution in [0.4, 0.5) is 0 Å². The second-order valence-electron chi connectivity index (χ2n) is 6.25. The molecule has 118 valence electrons. The van der Waals surface area contributed by atoms with Crippen LogP contribution in [-0.2, 0) is 4.74 Å². The number of aliphatic hydroxyl groups is 1. The lowest BCUT2D eigenvalue weighted by Gasteiger charge is -2.31. The van der Waals surface area contributed by atoms with Gasteiger partial charge in [-0.15, -0.1) is 0 Å². The van der Waals surface area contributed by atoms with Crippen LogP contribution in [0.5, 0.6) is 0 Å². The number of amides is 1. The molecule has 0 aliphatic carbocycles. The van der Waals surface area contributed by atoms with Crippen molar-refractivity contribution in [3.8, 4) is 0 Å². The Kier molecular flexibility index (Phi) is 3.93. The number of aromatic nitrogens is 1. The smallest absolute Gasteiger partial charge is 0.267 e. The number of aryl methyl sites for hydroxylation is 2. The fourth-order valence-corrected chi connectivity index (χ4v) is 2.99. The fraction of sp³-hybridized carbons (Fsp3) is 0.471. The second-order valence-corrected chi connectivity index (χ2v) is 6.25. The zero-order valence-corrected chi connectivity index (χ0v) is 13.0. The molecule has 1 aliphatic rings. The van der Waals surface area contributed by atoms with Gasteiger partial charge in [0, 0.05) is 43.5 Å². The van der Waals surface area contributed by atoms with Gasteiger partial charge >= 0.3 is 0 Å². The van der Waals surface area contributed by atoms with Gasteiger partial charge in [0.1, 0.15) is 5.69 Å². The van der Waals surface area contributed by atoms with Gasteiger partial charge in [-0.3, -0.25) is 4.79 Å². The number of carbonyl (C=O) groups is 1. The molecule has 22 heavy (non-hydrogen) atoms. The minimum atomic E-state index is -0.855. The quantitative estimate of drug-likeness (QED) is 0.812. The highest BCUT2D eigenvalue weighted by atomic mass is 16.5. The maximum absolute atomic E-state index is 12.3. The van der Waals surface area contributed by atoms with Gasteiger partial charge in [0.05, 0.1) is 5.60 Å². The zero-order valence-electron chi connectivity index (χ0n) is 13.0. The van der Waals surface area contributed by atoms with Crippen LogP contribution in [0.2, 0.25) is 0 Å². The molecule has 0 unspecified atom stereocenters. The van der Waals surface area contributed by atoms with Crippen molar-refractivity contribution in [3.63, 3.8) is 0 Å². The molecular weight excluding hydrogens is 280 g/mol. The first-order valence-electron chi connectivity index (χ1n) is 7.65. The molecule has 3 rings (SSSR count). The van der Waals surface area contributed by atoms with Crippen LogP contribution in [0.15, 0.2) is 18.2 Å². The summed E-state index contributed by atoms with van der Waals surface area (Å²) in [4.78, 5) is 15.5. The number of aromatic amines is 1. The van der Waals surface area contributed by atoms with Crippen LogP contribution < -0.4 is 5.32 Å². The highest BCUT2D eigenvalue weighted by Gasteiger charge is 2.30. The Morgan fingerprint density at radius 2 is 2.05 bits per heavy atom. The maximum atomic E-state index is 12.3. The van der Waals surface area contributed by atoms with Crippen LogP contribution in [-0.4, -0.2) is 41.4 Å². The molecule has 3 N–H and O–H groups in total. The second kappa shape index (κ2) is 5.74. The van der Waals surface area contributed by atoms with Gasteiger partial charge in [-0.25, -0.2) is 0 Å². The number of carbonyl (C=O) groups excluding carboxylic acids is 1. The van der Waals surface area contributed by atoms with Crippen molar-refractivity contribution in [2.45, 2.75) is 32.3 Å². The number of hydrogen-bond donors (Lipinski definition) is 3. The summed E-state index contributed by atoms with van der Waals surface area (Å²) >= 11 is 0. The van der Waals surface area contributed by atoms with E-state index in [0.717, 1.165) is 22.0 Å². The first-order valence-corrected chi connectivity index (χ1v) is 7.65. The Labute approximate surface area is 129 Å². The minimum absolute atomic E-state index is 0.187. The van der Waals surface area contributed by atoms with Crippen molar-refractivity contribution < 1.29 is 14.6 Å². The number of nitrogens with one attached hydrogen (secondary N) is 2. The third-order valence-electron chi connectivity index (χ3n) is 4.34. The van der Waals surface area contributed by atoms with Gasteiger partial charge in [0.2, 0.25) is 0 Å². The molecule has 1 fully saturated rings. The van der Waals surface area contributed by atoms with E-state index in [0.29, 0.717) is 31.7 Å². The van der Waals surface area contributed by atoms with Crippen LogP contribution in [0, 0.1) is 13.8 Å². The molecule has 0 bridgehead atoms. The molecule has 0 atom stereocenters. The van der Waals surface area contributed by atoms with Crippen LogP contribution in [0.25, 0.3) is 10.9 Å². The normalized spacial score (nSPS) is 17.6. The molecule has 5 heteroatoms. The van der Waals surface area contributed by atoms with Gasteiger partial charge < -0.3 is 20.1 Å². The average Bonchev–Trinajstić information content (AvgIpc) is 2.90. The molecule has 0 spiro atoms. The molecule has 0 saturated carbocycles. The standard InChI is InChI=1S/C17H22N2O3/c1-11-7-12(2)13-9-15(19-14(13)8-11)16(20)18-10-17(21)3-5-22-6-4-17/h7-9,19,21H,3-6,10H2,1-2H3,(H,18,20). The van der Waals surface area contributed by atoms with Crippen LogP contribution in [0.3, 0.4) is 0 Å². The molecule has 0 radical (unpaired) electrons. The third kappa shape index (κ3) is 3.00. The summed E-state index contributed by atoms with van der Waals surface area (Å²) in [6.45, 7) is 5.40.